The monoisotopic (exact) mass is 804 g/mol. The van der Waals surface area contributed by atoms with Gasteiger partial charge in [0, 0.05) is 54.8 Å². The maximum Gasteiger partial charge on any atom is 0.238 e. The SMILES string of the molecule is c1ccc(-c2cccc(-n3c4ccccc4c4c5c6ccccc6n(-c6nc(-c7ccccc7)nc(-c7cccc8c9ccccc9n(-c9ccccc9)c78)n6)c5ccc43)c2)cc1. The lowest BCUT2D eigenvalue weighted by Gasteiger charge is -2.13. The van der Waals surface area contributed by atoms with Gasteiger partial charge in [-0.15, -0.1) is 0 Å². The van der Waals surface area contributed by atoms with Crippen LogP contribution in [0.3, 0.4) is 0 Å². The standard InChI is InChI=1S/C57H36N6/c1-4-18-37(19-5-1)39-22-16-25-41(36-39)61-48-32-14-11-27-44(48)52-50(61)34-35-51-53(52)45-28-12-15-33-49(45)63(51)57-59-55(38-20-6-2-7-21-38)58-56(60-57)46-30-17-29-43-42-26-10-13-31-47(42)62(54(43)46)40-23-8-3-9-24-40/h1-36H. The number of fused-ring (bicyclic) bond motifs is 10. The number of nitrogens with zero attached hydrogens (tertiary/aromatic N) is 6. The van der Waals surface area contributed by atoms with Gasteiger partial charge >= 0.3 is 0 Å². The highest BCUT2D eigenvalue weighted by molar-refractivity contribution is 6.29. The van der Waals surface area contributed by atoms with Gasteiger partial charge in [0.25, 0.3) is 0 Å². The molecule has 4 heterocycles. The maximum absolute atomic E-state index is 5.48. The molecule has 0 radical (unpaired) electrons. The highest BCUT2D eigenvalue weighted by Crippen LogP contribution is 2.43. The smallest absolute Gasteiger partial charge is 0.238 e. The molecule has 63 heavy (non-hydrogen) atoms. The molecule has 9 aromatic carbocycles. The van der Waals surface area contributed by atoms with Crippen LogP contribution in [0.15, 0.2) is 218 Å². The van der Waals surface area contributed by atoms with E-state index in [1.54, 1.807) is 0 Å². The van der Waals surface area contributed by atoms with Crippen molar-refractivity contribution >= 4 is 65.4 Å². The fraction of sp³-hybridized carbons (Fsp3) is 0. The quantitative estimate of drug-likeness (QED) is 0.168. The average molecular weight is 805 g/mol. The molecule has 6 heteroatoms. The van der Waals surface area contributed by atoms with E-state index in [1.165, 1.54) is 27.3 Å². The average Bonchev–Trinajstić information content (AvgIpc) is 4.00. The van der Waals surface area contributed by atoms with Crippen LogP contribution in [-0.2, 0) is 0 Å². The van der Waals surface area contributed by atoms with Gasteiger partial charge in [-0.05, 0) is 71.8 Å². The van der Waals surface area contributed by atoms with Gasteiger partial charge in [-0.25, -0.2) is 4.98 Å². The number of hydrogen-bond donors (Lipinski definition) is 0. The molecule has 294 valence electrons. The molecule has 13 rings (SSSR count). The Labute approximate surface area is 362 Å². The van der Waals surface area contributed by atoms with Gasteiger partial charge in [0.1, 0.15) is 0 Å². The van der Waals surface area contributed by atoms with Crippen LogP contribution < -0.4 is 0 Å². The second-order valence-corrected chi connectivity index (χ2v) is 16.0. The van der Waals surface area contributed by atoms with Crippen molar-refractivity contribution < 1.29 is 0 Å². The van der Waals surface area contributed by atoms with Crippen molar-refractivity contribution in [2.45, 2.75) is 0 Å². The number of aromatic nitrogens is 6. The van der Waals surface area contributed by atoms with Crippen molar-refractivity contribution in [3.8, 4) is 51.2 Å². The van der Waals surface area contributed by atoms with Crippen molar-refractivity contribution in [3.63, 3.8) is 0 Å². The predicted octanol–water partition coefficient (Wildman–Crippen LogP) is 14.2. The van der Waals surface area contributed by atoms with Gasteiger partial charge in [0.15, 0.2) is 11.6 Å². The van der Waals surface area contributed by atoms with Crippen molar-refractivity contribution in [1.29, 1.82) is 0 Å². The summed E-state index contributed by atoms with van der Waals surface area (Å²) in [5.41, 5.74) is 12.9. The summed E-state index contributed by atoms with van der Waals surface area (Å²) in [6, 6.07) is 77.2. The summed E-state index contributed by atoms with van der Waals surface area (Å²) in [7, 11) is 0. The third kappa shape index (κ3) is 5.41. The zero-order valence-electron chi connectivity index (χ0n) is 34.0. The Bertz CT molecular complexity index is 3900. The van der Waals surface area contributed by atoms with Crippen LogP contribution in [0.2, 0.25) is 0 Å². The minimum Gasteiger partial charge on any atom is -0.309 e. The Balaban J connectivity index is 1.10. The summed E-state index contributed by atoms with van der Waals surface area (Å²) < 4.78 is 6.98. The van der Waals surface area contributed by atoms with E-state index in [0.29, 0.717) is 17.6 Å². The minimum atomic E-state index is 0.558. The van der Waals surface area contributed by atoms with Crippen LogP contribution in [0.4, 0.5) is 0 Å². The van der Waals surface area contributed by atoms with E-state index in [0.717, 1.165) is 71.8 Å². The minimum absolute atomic E-state index is 0.558. The Morgan fingerprint density at radius 3 is 1.48 bits per heavy atom. The first-order chi connectivity index (χ1) is 31.3. The highest BCUT2D eigenvalue weighted by Gasteiger charge is 2.24. The zero-order valence-corrected chi connectivity index (χ0v) is 34.0. The first-order valence-electron chi connectivity index (χ1n) is 21.3. The van der Waals surface area contributed by atoms with E-state index in [4.69, 9.17) is 15.0 Å². The number of rotatable bonds is 6. The molecule has 0 N–H and O–H groups in total. The Morgan fingerprint density at radius 1 is 0.286 bits per heavy atom. The van der Waals surface area contributed by atoms with Crippen molar-refractivity contribution in [2.75, 3.05) is 0 Å². The predicted molar refractivity (Wildman–Crippen MR) is 259 cm³/mol. The Hall–Kier alpha value is -8.61. The molecular formula is C57H36N6. The van der Waals surface area contributed by atoms with Gasteiger partial charge in [-0.3, -0.25) is 4.57 Å². The van der Waals surface area contributed by atoms with Gasteiger partial charge in [-0.1, -0.05) is 158 Å². The summed E-state index contributed by atoms with van der Waals surface area (Å²) in [6.07, 6.45) is 0. The summed E-state index contributed by atoms with van der Waals surface area (Å²) in [4.78, 5) is 16.1. The molecule has 0 aliphatic carbocycles. The van der Waals surface area contributed by atoms with E-state index < -0.39 is 0 Å². The second kappa shape index (κ2) is 14.0. The van der Waals surface area contributed by atoms with Crippen LogP contribution in [0, 0.1) is 0 Å². The first-order valence-corrected chi connectivity index (χ1v) is 21.3. The molecule has 0 saturated carbocycles. The molecule has 0 atom stereocenters. The molecule has 0 spiro atoms. The third-order valence-corrected chi connectivity index (χ3v) is 12.5. The van der Waals surface area contributed by atoms with Crippen LogP contribution in [0.25, 0.3) is 117 Å². The van der Waals surface area contributed by atoms with Crippen LogP contribution >= 0.6 is 0 Å². The lowest BCUT2D eigenvalue weighted by atomic mass is 10.0. The lowest BCUT2D eigenvalue weighted by molar-refractivity contribution is 0.953. The maximum atomic E-state index is 5.48. The van der Waals surface area contributed by atoms with Crippen LogP contribution in [0.1, 0.15) is 0 Å². The van der Waals surface area contributed by atoms with Gasteiger partial charge < -0.3 is 9.13 Å². The summed E-state index contributed by atoms with van der Waals surface area (Å²) in [5, 5.41) is 6.99. The zero-order chi connectivity index (χ0) is 41.4. The topological polar surface area (TPSA) is 53.5 Å². The molecular weight excluding hydrogens is 769 g/mol. The first kappa shape index (κ1) is 35.2. The van der Waals surface area contributed by atoms with E-state index in [-0.39, 0.29) is 0 Å². The highest BCUT2D eigenvalue weighted by atomic mass is 15.2. The van der Waals surface area contributed by atoms with Crippen molar-refractivity contribution in [1.82, 2.24) is 28.7 Å². The van der Waals surface area contributed by atoms with Crippen molar-refractivity contribution in [3.05, 3.63) is 218 Å². The lowest BCUT2D eigenvalue weighted by Crippen LogP contribution is -2.07. The third-order valence-electron chi connectivity index (χ3n) is 12.5. The molecule has 0 aliphatic heterocycles. The van der Waals surface area contributed by atoms with E-state index in [2.05, 4.69) is 214 Å². The molecule has 0 fully saturated rings. The number of hydrogen-bond acceptors (Lipinski definition) is 3. The van der Waals surface area contributed by atoms with Crippen LogP contribution in [-0.4, -0.2) is 28.7 Å². The van der Waals surface area contributed by atoms with Gasteiger partial charge in [0.2, 0.25) is 5.95 Å². The fourth-order valence-corrected chi connectivity index (χ4v) is 9.81. The van der Waals surface area contributed by atoms with E-state index >= 15 is 0 Å². The van der Waals surface area contributed by atoms with Gasteiger partial charge in [0.05, 0.1) is 33.1 Å². The molecule has 13 aromatic rings. The molecule has 0 amide bonds. The normalized spacial score (nSPS) is 11.8. The molecule has 0 unspecified atom stereocenters. The molecule has 4 aromatic heterocycles. The molecule has 0 saturated heterocycles. The number of benzene rings is 9. The molecule has 6 nitrogen and oxygen atoms in total. The Morgan fingerprint density at radius 2 is 0.778 bits per heavy atom. The number of para-hydroxylation sites is 5. The summed E-state index contributed by atoms with van der Waals surface area (Å²) in [5.74, 6) is 1.77. The molecule has 0 bridgehead atoms. The van der Waals surface area contributed by atoms with Crippen LogP contribution in [0.5, 0.6) is 0 Å². The van der Waals surface area contributed by atoms with Gasteiger partial charge in [-0.2, -0.15) is 9.97 Å². The second-order valence-electron chi connectivity index (χ2n) is 16.0. The molecule has 0 aliphatic rings. The Kier molecular flexibility index (Phi) is 7.80. The summed E-state index contributed by atoms with van der Waals surface area (Å²) in [6.45, 7) is 0. The van der Waals surface area contributed by atoms with E-state index in [1.807, 2.05) is 18.2 Å². The fourth-order valence-electron chi connectivity index (χ4n) is 9.81. The van der Waals surface area contributed by atoms with Crippen molar-refractivity contribution in [2.24, 2.45) is 0 Å². The summed E-state index contributed by atoms with van der Waals surface area (Å²) >= 11 is 0. The largest absolute Gasteiger partial charge is 0.309 e. The van der Waals surface area contributed by atoms with E-state index in [9.17, 15) is 0 Å².